The maximum absolute atomic E-state index is 5.84. The molecule has 0 spiro atoms. The van der Waals surface area contributed by atoms with E-state index in [0.717, 1.165) is 12.1 Å². The molecule has 0 aliphatic carbocycles. The molecular formula is C11H13ClN4S. The number of hydrogen-bond donors (Lipinski definition) is 1. The fourth-order valence-electron chi connectivity index (χ4n) is 1.49. The van der Waals surface area contributed by atoms with Crippen LogP contribution in [0.1, 0.15) is 19.5 Å². The van der Waals surface area contributed by atoms with Gasteiger partial charge >= 0.3 is 0 Å². The van der Waals surface area contributed by atoms with Crippen LogP contribution in [0.5, 0.6) is 0 Å². The van der Waals surface area contributed by atoms with E-state index in [4.69, 9.17) is 17.3 Å². The van der Waals surface area contributed by atoms with E-state index in [1.165, 1.54) is 11.3 Å². The molecule has 0 bridgehead atoms. The SMILES string of the molecule is CC(C)Cc1cc(N)nc(-c2ncc(Cl)s2)n1. The van der Waals surface area contributed by atoms with E-state index in [9.17, 15) is 0 Å². The summed E-state index contributed by atoms with van der Waals surface area (Å²) in [6, 6.07) is 1.80. The van der Waals surface area contributed by atoms with Crippen LogP contribution in [0, 0.1) is 5.92 Å². The van der Waals surface area contributed by atoms with Gasteiger partial charge in [-0.25, -0.2) is 15.0 Å². The molecule has 0 saturated heterocycles. The summed E-state index contributed by atoms with van der Waals surface area (Å²) in [7, 11) is 0. The van der Waals surface area contributed by atoms with Crippen molar-refractivity contribution in [1.29, 1.82) is 0 Å². The van der Waals surface area contributed by atoms with Crippen LogP contribution in [-0.4, -0.2) is 15.0 Å². The van der Waals surface area contributed by atoms with E-state index in [1.807, 2.05) is 0 Å². The van der Waals surface area contributed by atoms with E-state index in [2.05, 4.69) is 28.8 Å². The van der Waals surface area contributed by atoms with Crippen LogP contribution in [0.2, 0.25) is 4.34 Å². The molecule has 0 fully saturated rings. The lowest BCUT2D eigenvalue weighted by Crippen LogP contribution is -2.03. The first-order valence-corrected chi connectivity index (χ1v) is 6.49. The molecule has 0 aliphatic heterocycles. The molecule has 2 aromatic rings. The van der Waals surface area contributed by atoms with Crippen molar-refractivity contribution in [3.63, 3.8) is 0 Å². The highest BCUT2D eigenvalue weighted by Crippen LogP contribution is 2.26. The molecule has 2 rings (SSSR count). The maximum atomic E-state index is 5.84. The second-order valence-corrected chi connectivity index (χ2v) is 5.84. The molecule has 2 aromatic heterocycles. The van der Waals surface area contributed by atoms with Gasteiger partial charge in [-0.05, 0) is 12.3 Å². The first-order valence-electron chi connectivity index (χ1n) is 5.29. The van der Waals surface area contributed by atoms with Gasteiger partial charge in [0.15, 0.2) is 10.8 Å². The van der Waals surface area contributed by atoms with Crippen molar-refractivity contribution >= 4 is 28.8 Å². The highest BCUT2D eigenvalue weighted by atomic mass is 35.5. The standard InChI is InChI=1S/C11H13ClN4S/c1-6(2)3-7-4-9(13)16-10(15-7)11-14-5-8(12)17-11/h4-6H,3H2,1-2H3,(H2,13,15,16). The molecule has 0 aromatic carbocycles. The van der Waals surface area contributed by atoms with E-state index in [0.29, 0.717) is 26.9 Å². The fraction of sp³-hybridized carbons (Fsp3) is 0.364. The maximum Gasteiger partial charge on any atom is 0.190 e. The summed E-state index contributed by atoms with van der Waals surface area (Å²) < 4.78 is 0.622. The Kier molecular flexibility index (Phi) is 3.59. The van der Waals surface area contributed by atoms with Gasteiger partial charge in [-0.15, -0.1) is 0 Å². The number of nitrogens with two attached hydrogens (primary N) is 1. The van der Waals surface area contributed by atoms with Crippen molar-refractivity contribution in [1.82, 2.24) is 15.0 Å². The topological polar surface area (TPSA) is 64.7 Å². The van der Waals surface area contributed by atoms with Gasteiger partial charge < -0.3 is 5.73 Å². The predicted molar refractivity (Wildman–Crippen MR) is 71.1 cm³/mol. The van der Waals surface area contributed by atoms with Crippen LogP contribution in [0.4, 0.5) is 5.82 Å². The van der Waals surface area contributed by atoms with Gasteiger partial charge in [-0.2, -0.15) is 0 Å². The van der Waals surface area contributed by atoms with Crippen LogP contribution >= 0.6 is 22.9 Å². The Hall–Kier alpha value is -1.20. The van der Waals surface area contributed by atoms with Gasteiger partial charge in [-0.3, -0.25) is 0 Å². The summed E-state index contributed by atoms with van der Waals surface area (Å²) in [5.74, 6) is 1.55. The lowest BCUT2D eigenvalue weighted by Gasteiger charge is -2.06. The Bertz CT molecular complexity index is 524. The molecule has 0 amide bonds. The summed E-state index contributed by atoms with van der Waals surface area (Å²) >= 11 is 7.19. The molecule has 0 atom stereocenters. The van der Waals surface area contributed by atoms with E-state index in [-0.39, 0.29) is 0 Å². The minimum Gasteiger partial charge on any atom is -0.384 e. The Labute approximate surface area is 109 Å². The molecular weight excluding hydrogens is 256 g/mol. The van der Waals surface area contributed by atoms with Gasteiger partial charge in [-0.1, -0.05) is 36.8 Å². The molecule has 6 heteroatoms. The zero-order chi connectivity index (χ0) is 12.4. The van der Waals surface area contributed by atoms with Gasteiger partial charge in [0.25, 0.3) is 0 Å². The minimum absolute atomic E-state index is 0.469. The van der Waals surface area contributed by atoms with Crippen molar-refractivity contribution in [3.8, 4) is 10.8 Å². The number of halogens is 1. The first-order chi connectivity index (χ1) is 8.04. The minimum atomic E-state index is 0.469. The third kappa shape index (κ3) is 3.14. The number of nitrogens with zero attached hydrogens (tertiary/aromatic N) is 3. The summed E-state index contributed by atoms with van der Waals surface area (Å²) in [4.78, 5) is 12.8. The summed E-state index contributed by atoms with van der Waals surface area (Å²) in [5.41, 5.74) is 6.71. The quantitative estimate of drug-likeness (QED) is 0.929. The number of rotatable bonds is 3. The van der Waals surface area contributed by atoms with Crippen molar-refractivity contribution < 1.29 is 0 Å². The second kappa shape index (κ2) is 4.98. The van der Waals surface area contributed by atoms with Gasteiger partial charge in [0, 0.05) is 11.8 Å². The largest absolute Gasteiger partial charge is 0.384 e. The van der Waals surface area contributed by atoms with E-state index in [1.54, 1.807) is 12.3 Å². The third-order valence-corrected chi connectivity index (χ3v) is 3.20. The average Bonchev–Trinajstić information content (AvgIpc) is 2.62. The highest BCUT2D eigenvalue weighted by Gasteiger charge is 2.10. The molecule has 0 radical (unpaired) electrons. The summed E-state index contributed by atoms with van der Waals surface area (Å²) in [6.07, 6.45) is 2.47. The number of thiazole rings is 1. The van der Waals surface area contributed by atoms with Crippen LogP contribution in [0.15, 0.2) is 12.3 Å². The number of aromatic nitrogens is 3. The van der Waals surface area contributed by atoms with Gasteiger partial charge in [0.2, 0.25) is 0 Å². The lowest BCUT2D eigenvalue weighted by molar-refractivity contribution is 0.635. The second-order valence-electron chi connectivity index (χ2n) is 4.18. The normalized spacial score (nSPS) is 11.1. The van der Waals surface area contributed by atoms with Gasteiger partial charge in [0.1, 0.15) is 10.2 Å². The van der Waals surface area contributed by atoms with Crippen molar-refractivity contribution in [2.75, 3.05) is 5.73 Å². The molecule has 90 valence electrons. The Morgan fingerprint density at radius 3 is 2.76 bits per heavy atom. The van der Waals surface area contributed by atoms with Crippen LogP contribution in [-0.2, 0) is 6.42 Å². The Balaban J connectivity index is 2.37. The number of nitrogen functional groups attached to an aromatic ring is 1. The zero-order valence-corrected chi connectivity index (χ0v) is 11.2. The van der Waals surface area contributed by atoms with Crippen LogP contribution in [0.3, 0.4) is 0 Å². The van der Waals surface area contributed by atoms with Crippen molar-refractivity contribution in [2.45, 2.75) is 20.3 Å². The lowest BCUT2D eigenvalue weighted by atomic mass is 10.1. The van der Waals surface area contributed by atoms with Crippen LogP contribution < -0.4 is 5.73 Å². The predicted octanol–water partition coefficient (Wildman–Crippen LogP) is 3.03. The molecule has 2 N–H and O–H groups in total. The van der Waals surface area contributed by atoms with Gasteiger partial charge in [0.05, 0.1) is 6.20 Å². The first kappa shape index (κ1) is 12.3. The molecule has 2 heterocycles. The van der Waals surface area contributed by atoms with E-state index < -0.39 is 0 Å². The third-order valence-electron chi connectivity index (χ3n) is 2.09. The zero-order valence-electron chi connectivity index (χ0n) is 9.64. The highest BCUT2D eigenvalue weighted by molar-refractivity contribution is 7.18. The molecule has 4 nitrogen and oxygen atoms in total. The monoisotopic (exact) mass is 268 g/mol. The summed E-state index contributed by atoms with van der Waals surface area (Å²) in [5, 5.41) is 0.701. The number of anilines is 1. The van der Waals surface area contributed by atoms with Crippen molar-refractivity contribution in [2.24, 2.45) is 5.92 Å². The smallest absolute Gasteiger partial charge is 0.190 e. The van der Waals surface area contributed by atoms with Crippen LogP contribution in [0.25, 0.3) is 10.8 Å². The molecule has 17 heavy (non-hydrogen) atoms. The molecule has 0 aliphatic rings. The Morgan fingerprint density at radius 2 is 2.18 bits per heavy atom. The van der Waals surface area contributed by atoms with E-state index >= 15 is 0 Å². The molecule has 0 saturated carbocycles. The average molecular weight is 269 g/mol. The van der Waals surface area contributed by atoms with Crippen molar-refractivity contribution in [3.05, 3.63) is 22.3 Å². The molecule has 0 unspecified atom stereocenters. The summed E-state index contributed by atoms with van der Waals surface area (Å²) in [6.45, 7) is 4.27. The number of hydrogen-bond acceptors (Lipinski definition) is 5. The Morgan fingerprint density at radius 1 is 1.41 bits per heavy atom. The fourth-order valence-corrected chi connectivity index (χ4v) is 2.34.